The zero-order chi connectivity index (χ0) is 8.81. The van der Waals surface area contributed by atoms with Gasteiger partial charge in [0, 0.05) is 0 Å². The third kappa shape index (κ3) is 5.99. The molecule has 0 bridgehead atoms. The van der Waals surface area contributed by atoms with Crippen molar-refractivity contribution in [2.24, 2.45) is 0 Å². The minimum absolute atomic E-state index is 0. The van der Waals surface area contributed by atoms with Gasteiger partial charge in [-0.25, -0.2) is 32.0 Å². The Labute approximate surface area is 96.7 Å². The van der Waals surface area contributed by atoms with Gasteiger partial charge in [0.1, 0.15) is 0 Å². The molecule has 0 amide bonds. The van der Waals surface area contributed by atoms with Crippen LogP contribution < -0.4 is 0 Å². The van der Waals surface area contributed by atoms with Gasteiger partial charge in [0.25, 0.3) is 0 Å². The van der Waals surface area contributed by atoms with Crippen LogP contribution in [0.15, 0.2) is 36.1 Å². The van der Waals surface area contributed by atoms with Crippen LogP contribution in [0.2, 0.25) is 0 Å². The van der Waals surface area contributed by atoms with Gasteiger partial charge in [-0.2, -0.15) is 24.0 Å². The molecule has 2 rings (SSSR count). The maximum Gasteiger partial charge on any atom is 2.00 e. The fraction of sp³-hybridized carbons (Fsp3) is 0.182. The second-order valence-electron chi connectivity index (χ2n) is 2.68. The first-order chi connectivity index (χ1) is 5.79. The molecule has 0 saturated heterocycles. The average molecular weight is 224 g/mol. The molecule has 1 heterocycles. The molecule has 0 aliphatic heterocycles. The van der Waals surface area contributed by atoms with Crippen LogP contribution in [0.1, 0.15) is 10.9 Å². The molecule has 0 N–H and O–H groups in total. The molecule has 2 heteroatoms. The summed E-state index contributed by atoms with van der Waals surface area (Å²) in [6, 6.07) is 13.2. The molecule has 0 spiro atoms. The van der Waals surface area contributed by atoms with Gasteiger partial charge in [0.2, 0.25) is 0 Å². The molecule has 2 aromatic rings. The molecule has 0 radical (unpaired) electrons. The SMILES string of the molecule is Cc1[c-]c(C)[pH]c1.[Ti+2].c1cc[cH-]c1. The van der Waals surface area contributed by atoms with E-state index in [0.29, 0.717) is 0 Å². The molecule has 0 nitrogen and oxygen atoms in total. The summed E-state index contributed by atoms with van der Waals surface area (Å²) in [6.07, 6.45) is 0. The van der Waals surface area contributed by atoms with E-state index in [4.69, 9.17) is 0 Å². The van der Waals surface area contributed by atoms with Gasteiger partial charge < -0.3 is 0 Å². The van der Waals surface area contributed by atoms with Gasteiger partial charge in [-0.3, -0.25) is 0 Å². The average Bonchev–Trinajstić information content (AvgIpc) is 2.63. The van der Waals surface area contributed by atoms with Crippen molar-refractivity contribution in [1.82, 2.24) is 0 Å². The standard InChI is InChI=1S/C6H8P.C5H5.Ti/c1-5-3-6(2)7-4-5;1-2-4-5-3-1;/h4,7H,1-2H3;1-5H;/q2*-1;+2. The minimum Gasteiger partial charge on any atom is -0.242 e. The summed E-state index contributed by atoms with van der Waals surface area (Å²) in [6.45, 7) is 4.20. The molecule has 66 valence electrons. The molecule has 0 aliphatic carbocycles. The van der Waals surface area contributed by atoms with Gasteiger partial charge in [0.05, 0.1) is 0 Å². The normalized spacial score (nSPS) is 8.77. The molecule has 0 fully saturated rings. The van der Waals surface area contributed by atoms with Crippen LogP contribution in [-0.2, 0) is 21.7 Å². The summed E-state index contributed by atoms with van der Waals surface area (Å²) >= 11 is 0. The van der Waals surface area contributed by atoms with E-state index in [0.717, 1.165) is 8.19 Å². The number of aryl methyl sites for hydroxylation is 2. The molecule has 1 aromatic carbocycles. The molecule has 13 heavy (non-hydrogen) atoms. The summed E-state index contributed by atoms with van der Waals surface area (Å²) in [4.78, 5) is 0. The first kappa shape index (κ1) is 12.8. The molecular formula is C11H13PTi. The Morgan fingerprint density at radius 2 is 1.85 bits per heavy atom. The minimum atomic E-state index is 0. The van der Waals surface area contributed by atoms with Gasteiger partial charge in [-0.1, -0.05) is 13.8 Å². The smallest absolute Gasteiger partial charge is 0.242 e. The van der Waals surface area contributed by atoms with E-state index >= 15 is 0 Å². The third-order valence-electron chi connectivity index (χ3n) is 1.45. The Hall–Kier alpha value is -0.156. The van der Waals surface area contributed by atoms with Crippen molar-refractivity contribution < 1.29 is 21.7 Å². The zero-order valence-electron chi connectivity index (χ0n) is 7.96. The second-order valence-corrected chi connectivity index (χ2v) is 4.01. The van der Waals surface area contributed by atoms with Crippen LogP contribution >= 0.6 is 8.19 Å². The summed E-state index contributed by atoms with van der Waals surface area (Å²) < 4.78 is 0. The molecular weight excluding hydrogens is 211 g/mol. The summed E-state index contributed by atoms with van der Waals surface area (Å²) in [5, 5.41) is 1.39. The quantitative estimate of drug-likeness (QED) is 0.474. The maximum atomic E-state index is 3.21. The van der Waals surface area contributed by atoms with Crippen molar-refractivity contribution in [2.45, 2.75) is 13.8 Å². The molecule has 1 unspecified atom stereocenters. The van der Waals surface area contributed by atoms with Crippen molar-refractivity contribution in [1.29, 1.82) is 0 Å². The Morgan fingerprint density at radius 3 is 2.00 bits per heavy atom. The Kier molecular flexibility index (Phi) is 7.18. The zero-order valence-corrected chi connectivity index (χ0v) is 10.5. The van der Waals surface area contributed by atoms with Gasteiger partial charge >= 0.3 is 21.7 Å². The van der Waals surface area contributed by atoms with Crippen LogP contribution in [0.3, 0.4) is 0 Å². The van der Waals surface area contributed by atoms with Crippen LogP contribution in [0.5, 0.6) is 0 Å². The van der Waals surface area contributed by atoms with Crippen LogP contribution in [0, 0.1) is 19.9 Å². The van der Waals surface area contributed by atoms with E-state index in [1.807, 2.05) is 30.3 Å². The molecule has 1 atom stereocenters. The number of hydrogen-bond acceptors (Lipinski definition) is 0. The molecule has 0 aliphatic rings. The Morgan fingerprint density at radius 1 is 1.23 bits per heavy atom. The first-order valence-electron chi connectivity index (χ1n) is 3.99. The van der Waals surface area contributed by atoms with Gasteiger partial charge in [-0.05, 0) is 0 Å². The van der Waals surface area contributed by atoms with Gasteiger partial charge in [-0.15, -0.1) is 5.30 Å². The van der Waals surface area contributed by atoms with Crippen molar-refractivity contribution in [3.8, 4) is 0 Å². The van der Waals surface area contributed by atoms with E-state index in [1.165, 1.54) is 10.9 Å². The fourth-order valence-electron chi connectivity index (χ4n) is 0.905. The topological polar surface area (TPSA) is 0 Å². The first-order valence-corrected chi connectivity index (χ1v) is 5.07. The van der Waals surface area contributed by atoms with Crippen molar-refractivity contribution in [2.75, 3.05) is 0 Å². The Balaban J connectivity index is 0.000000215. The van der Waals surface area contributed by atoms with Gasteiger partial charge in [0.15, 0.2) is 0 Å². The third-order valence-corrected chi connectivity index (χ3v) is 2.58. The second kappa shape index (κ2) is 7.27. The predicted molar refractivity (Wildman–Crippen MR) is 56.3 cm³/mol. The fourth-order valence-corrected chi connectivity index (χ4v) is 1.68. The molecule has 1 aromatic heterocycles. The summed E-state index contributed by atoms with van der Waals surface area (Å²) in [7, 11) is 0.906. The largest absolute Gasteiger partial charge is 2.00 e. The van der Waals surface area contributed by atoms with Crippen LogP contribution in [0.4, 0.5) is 0 Å². The van der Waals surface area contributed by atoms with E-state index < -0.39 is 0 Å². The number of rotatable bonds is 0. The Bertz CT molecular complexity index is 262. The van der Waals surface area contributed by atoms with Crippen molar-refractivity contribution in [3.63, 3.8) is 0 Å². The van der Waals surface area contributed by atoms with Crippen molar-refractivity contribution >= 4 is 8.19 Å². The monoisotopic (exact) mass is 224 g/mol. The summed E-state index contributed by atoms with van der Waals surface area (Å²) in [5.74, 6) is 2.22. The van der Waals surface area contributed by atoms with E-state index in [2.05, 4.69) is 25.7 Å². The van der Waals surface area contributed by atoms with Crippen LogP contribution in [0.25, 0.3) is 0 Å². The van der Waals surface area contributed by atoms with Crippen molar-refractivity contribution in [3.05, 3.63) is 53.1 Å². The molecule has 0 saturated carbocycles. The summed E-state index contributed by atoms with van der Waals surface area (Å²) in [5.41, 5.74) is 1.30. The number of hydrogen-bond donors (Lipinski definition) is 0. The van der Waals surface area contributed by atoms with E-state index in [1.54, 1.807) is 0 Å². The maximum absolute atomic E-state index is 3.21. The van der Waals surface area contributed by atoms with Crippen LogP contribution in [-0.4, -0.2) is 0 Å². The van der Waals surface area contributed by atoms with E-state index in [-0.39, 0.29) is 21.7 Å². The van der Waals surface area contributed by atoms with E-state index in [9.17, 15) is 0 Å². The predicted octanol–water partition coefficient (Wildman–Crippen LogP) is 3.54.